The largest absolute Gasteiger partial charge is 0.276 e. The molecule has 2 aromatic heterocycles. The predicted molar refractivity (Wildman–Crippen MR) is 80.5 cm³/mol. The molecule has 4 aromatic rings. The van der Waals surface area contributed by atoms with Crippen LogP contribution in [0.1, 0.15) is 5.56 Å². The van der Waals surface area contributed by atoms with Crippen LogP contribution in [-0.2, 0) is 7.05 Å². The Morgan fingerprint density at radius 1 is 1.09 bits per heavy atom. The van der Waals surface area contributed by atoms with Gasteiger partial charge in [-0.2, -0.15) is 10.2 Å². The first kappa shape index (κ1) is 12.9. The van der Waals surface area contributed by atoms with E-state index in [1.807, 2.05) is 25.1 Å². The third kappa shape index (κ3) is 1.67. The van der Waals surface area contributed by atoms with Gasteiger partial charge in [0.15, 0.2) is 5.82 Å². The molecule has 0 amide bonds. The fourth-order valence-electron chi connectivity index (χ4n) is 2.85. The van der Waals surface area contributed by atoms with Crippen LogP contribution in [0.4, 0.5) is 8.78 Å². The third-order valence-electron chi connectivity index (χ3n) is 3.85. The van der Waals surface area contributed by atoms with E-state index in [1.54, 1.807) is 13.2 Å². The smallest absolute Gasteiger partial charge is 0.154 e. The van der Waals surface area contributed by atoms with Gasteiger partial charge in [-0.25, -0.2) is 8.78 Å². The van der Waals surface area contributed by atoms with Gasteiger partial charge in [0.25, 0.3) is 0 Å². The monoisotopic (exact) mass is 298 g/mol. The number of aromatic amines is 1. The molecule has 0 atom stereocenters. The highest BCUT2D eigenvalue weighted by Crippen LogP contribution is 2.35. The summed E-state index contributed by atoms with van der Waals surface area (Å²) >= 11 is 0. The van der Waals surface area contributed by atoms with Gasteiger partial charge in [-0.1, -0.05) is 18.2 Å². The van der Waals surface area contributed by atoms with Crippen molar-refractivity contribution in [3.63, 3.8) is 0 Å². The first-order valence-corrected chi connectivity index (χ1v) is 6.81. The number of hydrogen-bond donors (Lipinski definition) is 1. The Kier molecular flexibility index (Phi) is 2.57. The molecule has 2 heterocycles. The van der Waals surface area contributed by atoms with Crippen molar-refractivity contribution in [2.75, 3.05) is 0 Å². The number of hydrogen-bond acceptors (Lipinski definition) is 2. The van der Waals surface area contributed by atoms with Crippen LogP contribution < -0.4 is 0 Å². The molecule has 4 rings (SSSR count). The van der Waals surface area contributed by atoms with Gasteiger partial charge in [-0.05, 0) is 12.5 Å². The maximum atomic E-state index is 14.5. The van der Waals surface area contributed by atoms with E-state index in [0.717, 1.165) is 22.5 Å². The molecule has 2 aromatic carbocycles. The van der Waals surface area contributed by atoms with Gasteiger partial charge < -0.3 is 0 Å². The van der Waals surface area contributed by atoms with Gasteiger partial charge >= 0.3 is 0 Å². The Morgan fingerprint density at radius 2 is 1.91 bits per heavy atom. The summed E-state index contributed by atoms with van der Waals surface area (Å²) < 4.78 is 29.8. The minimum atomic E-state index is -0.670. The predicted octanol–water partition coefficient (Wildman–Crippen LogP) is 3.70. The van der Waals surface area contributed by atoms with Crippen LogP contribution in [0.5, 0.6) is 0 Å². The molecule has 0 saturated carbocycles. The number of para-hydroxylation sites is 1. The highest BCUT2D eigenvalue weighted by molar-refractivity contribution is 6.03. The fourth-order valence-corrected chi connectivity index (χ4v) is 2.85. The van der Waals surface area contributed by atoms with E-state index in [0.29, 0.717) is 11.1 Å². The number of H-pyrrole nitrogens is 1. The molecule has 0 radical (unpaired) electrons. The number of nitrogens with one attached hydrogen (secondary N) is 1. The van der Waals surface area contributed by atoms with Gasteiger partial charge in [0.05, 0.1) is 11.2 Å². The Bertz CT molecular complexity index is 1030. The molecule has 0 aliphatic carbocycles. The van der Waals surface area contributed by atoms with Crippen molar-refractivity contribution in [1.82, 2.24) is 20.0 Å². The Morgan fingerprint density at radius 3 is 2.73 bits per heavy atom. The highest BCUT2D eigenvalue weighted by Gasteiger charge is 2.20. The maximum absolute atomic E-state index is 14.5. The quantitative estimate of drug-likeness (QED) is 0.582. The molecule has 0 saturated heterocycles. The Hall–Kier alpha value is -2.76. The normalized spacial score (nSPS) is 11.6. The molecule has 0 bridgehead atoms. The number of rotatable bonds is 1. The molecule has 0 aliphatic rings. The van der Waals surface area contributed by atoms with Crippen LogP contribution in [0.2, 0.25) is 0 Å². The summed E-state index contributed by atoms with van der Waals surface area (Å²) in [6, 6.07) is 6.56. The molecule has 0 aliphatic heterocycles. The molecular weight excluding hydrogens is 286 g/mol. The van der Waals surface area contributed by atoms with E-state index >= 15 is 0 Å². The lowest BCUT2D eigenvalue weighted by molar-refractivity contribution is 0.591. The van der Waals surface area contributed by atoms with Crippen molar-refractivity contribution < 1.29 is 8.78 Å². The Balaban J connectivity index is 2.15. The second kappa shape index (κ2) is 4.37. The number of halogens is 2. The van der Waals surface area contributed by atoms with Crippen LogP contribution in [0, 0.1) is 18.6 Å². The van der Waals surface area contributed by atoms with Gasteiger partial charge in [0, 0.05) is 35.6 Å². The van der Waals surface area contributed by atoms with E-state index in [9.17, 15) is 8.78 Å². The zero-order valence-corrected chi connectivity index (χ0v) is 12.0. The minimum absolute atomic E-state index is 0.148. The molecule has 22 heavy (non-hydrogen) atoms. The summed E-state index contributed by atoms with van der Waals surface area (Å²) in [6.07, 6.45) is 1.61. The molecular formula is C16H12F2N4. The average molecular weight is 298 g/mol. The molecule has 6 heteroatoms. The number of benzene rings is 2. The lowest BCUT2D eigenvalue weighted by Gasteiger charge is -2.04. The van der Waals surface area contributed by atoms with Crippen molar-refractivity contribution in [3.05, 3.63) is 47.7 Å². The number of aryl methyl sites for hydroxylation is 2. The van der Waals surface area contributed by atoms with Crippen molar-refractivity contribution in [2.45, 2.75) is 6.92 Å². The number of fused-ring (bicyclic) bond motifs is 2. The lowest BCUT2D eigenvalue weighted by Crippen LogP contribution is -1.90. The molecule has 0 spiro atoms. The summed E-state index contributed by atoms with van der Waals surface area (Å²) in [6.45, 7) is 1.94. The van der Waals surface area contributed by atoms with Gasteiger partial charge in [-0.15, -0.1) is 0 Å². The molecule has 4 nitrogen and oxygen atoms in total. The van der Waals surface area contributed by atoms with Crippen LogP contribution in [0.15, 0.2) is 30.5 Å². The van der Waals surface area contributed by atoms with Crippen LogP contribution >= 0.6 is 0 Å². The Labute approximate surface area is 124 Å². The fraction of sp³-hybridized carbons (Fsp3) is 0.125. The first-order valence-electron chi connectivity index (χ1n) is 6.81. The molecule has 0 unspecified atom stereocenters. The van der Waals surface area contributed by atoms with Crippen molar-refractivity contribution in [3.8, 4) is 11.3 Å². The minimum Gasteiger partial charge on any atom is -0.276 e. The van der Waals surface area contributed by atoms with Crippen LogP contribution in [0.3, 0.4) is 0 Å². The molecule has 0 fully saturated rings. The number of aromatic nitrogens is 4. The SMILES string of the molecule is Cc1cccc2c(-c3c(F)cc(F)c4nn(C)cc34)[nH]nc12. The van der Waals surface area contributed by atoms with Crippen molar-refractivity contribution in [2.24, 2.45) is 7.05 Å². The van der Waals surface area contributed by atoms with Crippen LogP contribution in [-0.4, -0.2) is 20.0 Å². The average Bonchev–Trinajstić information content (AvgIpc) is 3.04. The summed E-state index contributed by atoms with van der Waals surface area (Å²) in [5.41, 5.74) is 2.74. The van der Waals surface area contributed by atoms with Gasteiger partial charge in [0.1, 0.15) is 11.3 Å². The zero-order chi connectivity index (χ0) is 15.4. The lowest BCUT2D eigenvalue weighted by atomic mass is 10.0. The second-order valence-electron chi connectivity index (χ2n) is 5.35. The standard InChI is InChI=1S/C16H12F2N4/c1-8-4-3-5-9-14(8)19-20-16(9)13-10-7-22(2)21-15(10)12(18)6-11(13)17/h3-7H,1-2H3,(H,19,20). The summed E-state index contributed by atoms with van der Waals surface area (Å²) in [5.74, 6) is -1.30. The topological polar surface area (TPSA) is 46.5 Å². The van der Waals surface area contributed by atoms with E-state index < -0.39 is 11.6 Å². The second-order valence-corrected chi connectivity index (χ2v) is 5.35. The number of nitrogens with zero attached hydrogens (tertiary/aromatic N) is 3. The van der Waals surface area contributed by atoms with Crippen molar-refractivity contribution in [1.29, 1.82) is 0 Å². The summed E-state index contributed by atoms with van der Waals surface area (Å²) in [7, 11) is 1.68. The van der Waals surface area contributed by atoms with E-state index in [2.05, 4.69) is 15.3 Å². The summed E-state index contributed by atoms with van der Waals surface area (Å²) in [4.78, 5) is 0. The highest BCUT2D eigenvalue weighted by atomic mass is 19.1. The molecule has 1 N–H and O–H groups in total. The van der Waals surface area contributed by atoms with Gasteiger partial charge in [-0.3, -0.25) is 9.78 Å². The van der Waals surface area contributed by atoms with E-state index in [1.165, 1.54) is 4.68 Å². The molecule has 110 valence electrons. The van der Waals surface area contributed by atoms with Crippen molar-refractivity contribution >= 4 is 21.8 Å². The van der Waals surface area contributed by atoms with E-state index in [4.69, 9.17) is 0 Å². The van der Waals surface area contributed by atoms with Gasteiger partial charge in [0.2, 0.25) is 0 Å². The van der Waals surface area contributed by atoms with Crippen LogP contribution in [0.25, 0.3) is 33.1 Å². The maximum Gasteiger partial charge on any atom is 0.154 e. The summed E-state index contributed by atoms with van der Waals surface area (Å²) in [5, 5.41) is 12.4. The third-order valence-corrected chi connectivity index (χ3v) is 3.85. The zero-order valence-electron chi connectivity index (χ0n) is 12.0. The first-order chi connectivity index (χ1) is 10.6. The van der Waals surface area contributed by atoms with E-state index in [-0.39, 0.29) is 11.1 Å².